The van der Waals surface area contributed by atoms with E-state index >= 15 is 0 Å². The van der Waals surface area contributed by atoms with E-state index in [0.717, 1.165) is 30.1 Å². The van der Waals surface area contributed by atoms with Gasteiger partial charge in [-0.2, -0.15) is 0 Å². The van der Waals surface area contributed by atoms with Crippen molar-refractivity contribution in [3.8, 4) is 17.0 Å². The predicted octanol–water partition coefficient (Wildman–Crippen LogP) is 2.79. The summed E-state index contributed by atoms with van der Waals surface area (Å²) in [6.07, 6.45) is 1.04. The zero-order chi connectivity index (χ0) is 11.0. The molecule has 16 heavy (non-hydrogen) atoms. The Labute approximate surface area is 98.1 Å². The van der Waals surface area contributed by atoms with E-state index < -0.39 is 0 Å². The van der Waals surface area contributed by atoms with Crippen LogP contribution in [-0.2, 0) is 6.42 Å². The fourth-order valence-corrected chi connectivity index (χ4v) is 2.76. The molecule has 1 aliphatic rings. The molecule has 0 saturated carbocycles. The Hall–Kier alpha value is -1.55. The third kappa shape index (κ3) is 1.46. The number of methoxy groups -OCH3 is 1. The summed E-state index contributed by atoms with van der Waals surface area (Å²) in [7, 11) is 1.69. The Kier molecular flexibility index (Phi) is 2.29. The third-order valence-corrected chi connectivity index (χ3v) is 3.68. The second-order valence-corrected chi connectivity index (χ2v) is 4.65. The van der Waals surface area contributed by atoms with E-state index in [-0.39, 0.29) is 0 Å². The van der Waals surface area contributed by atoms with E-state index in [2.05, 4.69) is 16.4 Å². The quantitative estimate of drug-likeness (QED) is 0.821. The molecule has 0 atom stereocenters. The Morgan fingerprint density at radius 3 is 3.25 bits per heavy atom. The van der Waals surface area contributed by atoms with E-state index in [9.17, 15) is 0 Å². The number of ether oxygens (including phenoxy) is 1. The molecule has 3 rings (SSSR count). The molecular formula is C12H12N2OS. The Balaban J connectivity index is 2.18. The molecule has 3 nitrogen and oxygen atoms in total. The number of nitrogens with zero attached hydrogens (tertiary/aromatic N) is 1. The number of anilines is 1. The maximum atomic E-state index is 5.23. The van der Waals surface area contributed by atoms with Gasteiger partial charge in [0.15, 0.2) is 0 Å². The van der Waals surface area contributed by atoms with Crippen LogP contribution in [0.3, 0.4) is 0 Å². The van der Waals surface area contributed by atoms with Gasteiger partial charge in [0.05, 0.1) is 18.3 Å². The third-order valence-electron chi connectivity index (χ3n) is 2.79. The first-order chi connectivity index (χ1) is 7.88. The molecule has 0 aliphatic carbocycles. The zero-order valence-corrected chi connectivity index (χ0v) is 9.80. The minimum absolute atomic E-state index is 0.880. The minimum atomic E-state index is 0.880. The molecule has 0 spiro atoms. The van der Waals surface area contributed by atoms with Crippen molar-refractivity contribution in [2.24, 2.45) is 0 Å². The van der Waals surface area contributed by atoms with Crippen LogP contribution < -0.4 is 10.1 Å². The fraction of sp³-hybridized carbons (Fsp3) is 0.250. The van der Waals surface area contributed by atoms with E-state index in [0.29, 0.717) is 0 Å². The van der Waals surface area contributed by atoms with Crippen molar-refractivity contribution in [1.29, 1.82) is 0 Å². The molecule has 0 saturated heterocycles. The average molecular weight is 232 g/mol. The monoisotopic (exact) mass is 232 g/mol. The van der Waals surface area contributed by atoms with Crippen molar-refractivity contribution in [2.75, 3.05) is 19.0 Å². The van der Waals surface area contributed by atoms with Crippen molar-refractivity contribution < 1.29 is 4.74 Å². The molecule has 0 fully saturated rings. The normalized spacial score (nSPS) is 13.3. The van der Waals surface area contributed by atoms with Crippen molar-refractivity contribution in [3.05, 3.63) is 28.6 Å². The molecule has 2 aromatic rings. The summed E-state index contributed by atoms with van der Waals surface area (Å²) < 4.78 is 5.23. The van der Waals surface area contributed by atoms with Crippen molar-refractivity contribution in [2.45, 2.75) is 6.42 Å². The molecule has 0 radical (unpaired) electrons. The van der Waals surface area contributed by atoms with Crippen molar-refractivity contribution in [3.63, 3.8) is 0 Å². The van der Waals surface area contributed by atoms with E-state index in [1.807, 2.05) is 17.6 Å². The molecule has 1 aromatic carbocycles. The number of hydrogen-bond acceptors (Lipinski definition) is 4. The molecule has 82 valence electrons. The lowest BCUT2D eigenvalue weighted by atomic mass is 10.1. The largest absolute Gasteiger partial charge is 0.497 e. The molecule has 0 unspecified atom stereocenters. The molecule has 0 amide bonds. The summed E-state index contributed by atoms with van der Waals surface area (Å²) in [6.45, 7) is 0.954. The van der Waals surface area contributed by atoms with Crippen LogP contribution in [0.5, 0.6) is 5.75 Å². The number of aromatic nitrogens is 1. The van der Waals surface area contributed by atoms with E-state index in [1.165, 1.54) is 10.4 Å². The minimum Gasteiger partial charge on any atom is -0.497 e. The Morgan fingerprint density at radius 2 is 2.38 bits per heavy atom. The van der Waals surface area contributed by atoms with Gasteiger partial charge < -0.3 is 10.1 Å². The van der Waals surface area contributed by atoms with Gasteiger partial charge in [-0.05, 0) is 12.1 Å². The van der Waals surface area contributed by atoms with Crippen LogP contribution in [0, 0.1) is 0 Å². The number of nitrogens with one attached hydrogen (secondary N) is 1. The van der Waals surface area contributed by atoms with Crippen LogP contribution in [0.25, 0.3) is 11.3 Å². The smallest absolute Gasteiger partial charge is 0.120 e. The van der Waals surface area contributed by atoms with Gasteiger partial charge in [-0.1, -0.05) is 0 Å². The SMILES string of the molecule is COc1ccc2c(c1)NCCc1scnc1-2. The molecule has 1 aromatic heterocycles. The second kappa shape index (κ2) is 3.79. The molecule has 1 aliphatic heterocycles. The van der Waals surface area contributed by atoms with Gasteiger partial charge in [0, 0.05) is 35.2 Å². The Morgan fingerprint density at radius 1 is 1.44 bits per heavy atom. The summed E-state index contributed by atoms with van der Waals surface area (Å²) in [5.74, 6) is 0.880. The number of thiazole rings is 1. The van der Waals surface area contributed by atoms with Crippen LogP contribution in [0.4, 0.5) is 5.69 Å². The summed E-state index contributed by atoms with van der Waals surface area (Å²) >= 11 is 1.73. The topological polar surface area (TPSA) is 34.1 Å². The van der Waals surface area contributed by atoms with Crippen LogP contribution in [0.15, 0.2) is 23.7 Å². The first-order valence-electron chi connectivity index (χ1n) is 5.23. The number of rotatable bonds is 1. The van der Waals surface area contributed by atoms with Gasteiger partial charge in [0.25, 0.3) is 0 Å². The molecule has 1 N–H and O–H groups in total. The van der Waals surface area contributed by atoms with Gasteiger partial charge in [0.1, 0.15) is 5.75 Å². The highest BCUT2D eigenvalue weighted by atomic mass is 32.1. The van der Waals surface area contributed by atoms with Gasteiger partial charge in [-0.15, -0.1) is 11.3 Å². The van der Waals surface area contributed by atoms with Gasteiger partial charge >= 0.3 is 0 Å². The Bertz CT molecular complexity index is 521. The first kappa shape index (κ1) is 9.66. The summed E-state index contributed by atoms with van der Waals surface area (Å²) in [5, 5.41) is 3.42. The van der Waals surface area contributed by atoms with Crippen molar-refractivity contribution in [1.82, 2.24) is 4.98 Å². The molecule has 2 heterocycles. The maximum Gasteiger partial charge on any atom is 0.120 e. The first-order valence-corrected chi connectivity index (χ1v) is 6.11. The lowest BCUT2D eigenvalue weighted by Gasteiger charge is -2.09. The summed E-state index contributed by atoms with van der Waals surface area (Å²) in [6, 6.07) is 6.09. The zero-order valence-electron chi connectivity index (χ0n) is 8.99. The van der Waals surface area contributed by atoms with E-state index in [4.69, 9.17) is 4.74 Å². The van der Waals surface area contributed by atoms with Crippen LogP contribution in [0.2, 0.25) is 0 Å². The lowest BCUT2D eigenvalue weighted by Crippen LogP contribution is -2.01. The highest BCUT2D eigenvalue weighted by Gasteiger charge is 2.16. The fourth-order valence-electron chi connectivity index (χ4n) is 1.98. The lowest BCUT2D eigenvalue weighted by molar-refractivity contribution is 0.415. The average Bonchev–Trinajstić information content (AvgIpc) is 2.71. The second-order valence-electron chi connectivity index (χ2n) is 3.71. The number of hydrogen-bond donors (Lipinski definition) is 1. The maximum absolute atomic E-state index is 5.23. The van der Waals surface area contributed by atoms with Crippen LogP contribution in [-0.4, -0.2) is 18.6 Å². The van der Waals surface area contributed by atoms with Gasteiger partial charge in [0.2, 0.25) is 0 Å². The summed E-state index contributed by atoms with van der Waals surface area (Å²) in [4.78, 5) is 5.81. The highest BCUT2D eigenvalue weighted by molar-refractivity contribution is 7.10. The van der Waals surface area contributed by atoms with E-state index in [1.54, 1.807) is 18.4 Å². The highest BCUT2D eigenvalue weighted by Crippen LogP contribution is 2.36. The molecular weight excluding hydrogens is 220 g/mol. The van der Waals surface area contributed by atoms with Crippen LogP contribution >= 0.6 is 11.3 Å². The standard InChI is InChI=1S/C12H12N2OS/c1-15-8-2-3-9-10(6-8)13-5-4-11-12(9)14-7-16-11/h2-3,6-7,13H,4-5H2,1H3. The summed E-state index contributed by atoms with van der Waals surface area (Å²) in [5.41, 5.74) is 5.33. The van der Waals surface area contributed by atoms with Crippen LogP contribution in [0.1, 0.15) is 4.88 Å². The number of fused-ring (bicyclic) bond motifs is 3. The van der Waals surface area contributed by atoms with Gasteiger partial charge in [-0.3, -0.25) is 0 Å². The van der Waals surface area contributed by atoms with Gasteiger partial charge in [-0.25, -0.2) is 4.98 Å². The predicted molar refractivity (Wildman–Crippen MR) is 66.3 cm³/mol. The molecule has 0 bridgehead atoms. The number of benzene rings is 1. The van der Waals surface area contributed by atoms with Crippen molar-refractivity contribution >= 4 is 17.0 Å². The molecule has 4 heteroatoms.